The van der Waals surface area contributed by atoms with Gasteiger partial charge in [0.05, 0.1) is 32.6 Å². The number of carbonyl (C=O) groups is 1. The first-order valence-corrected chi connectivity index (χ1v) is 8.41. The highest BCUT2D eigenvalue weighted by molar-refractivity contribution is 9.10. The highest BCUT2D eigenvalue weighted by Gasteiger charge is 2.30. The number of ketones is 1. The molecule has 1 heterocycles. The Morgan fingerprint density at radius 3 is 2.73 bits per heavy atom. The smallest absolute Gasteiger partial charge is 0.173 e. The highest BCUT2D eigenvalue weighted by Crippen LogP contribution is 2.36. The Morgan fingerprint density at radius 1 is 1.23 bits per heavy atom. The van der Waals surface area contributed by atoms with Gasteiger partial charge in [-0.1, -0.05) is 29.3 Å². The van der Waals surface area contributed by atoms with E-state index in [9.17, 15) is 4.79 Å². The molecule has 2 nitrogen and oxygen atoms in total. The van der Waals surface area contributed by atoms with E-state index in [1.165, 1.54) is 0 Å². The van der Waals surface area contributed by atoms with Crippen LogP contribution in [0.15, 0.2) is 34.8 Å². The lowest BCUT2D eigenvalue weighted by Crippen LogP contribution is -2.29. The van der Waals surface area contributed by atoms with Gasteiger partial charge in [0.1, 0.15) is 5.75 Å². The van der Waals surface area contributed by atoms with Crippen LogP contribution in [-0.4, -0.2) is 12.4 Å². The molecule has 114 valence electrons. The fourth-order valence-electron chi connectivity index (χ4n) is 2.64. The standard InChI is InChI=1S/C17H13BrCl2O2/c1-9-4-12-16(21)11(8-22-17(12)13(18)5-9)6-10-2-3-14(19)15(20)7-10/h2-5,7,11H,6,8H2,1H3/t11-/m1/s1. The number of ether oxygens (including phenoxy) is 1. The molecule has 1 atom stereocenters. The van der Waals surface area contributed by atoms with Gasteiger partial charge in [-0.15, -0.1) is 0 Å². The predicted molar refractivity (Wildman–Crippen MR) is 92.4 cm³/mol. The molecule has 0 unspecified atom stereocenters. The molecule has 0 spiro atoms. The minimum absolute atomic E-state index is 0.108. The van der Waals surface area contributed by atoms with Gasteiger partial charge in [-0.2, -0.15) is 0 Å². The average Bonchev–Trinajstić information content (AvgIpc) is 2.46. The molecular formula is C17H13BrCl2O2. The Morgan fingerprint density at radius 2 is 2.00 bits per heavy atom. The zero-order chi connectivity index (χ0) is 15.9. The fraction of sp³-hybridized carbons (Fsp3) is 0.235. The molecule has 0 fully saturated rings. The van der Waals surface area contributed by atoms with E-state index < -0.39 is 0 Å². The van der Waals surface area contributed by atoms with Gasteiger partial charge in [0.15, 0.2) is 5.78 Å². The van der Waals surface area contributed by atoms with Gasteiger partial charge in [0.2, 0.25) is 0 Å². The van der Waals surface area contributed by atoms with Crippen LogP contribution in [0, 0.1) is 12.8 Å². The molecule has 0 N–H and O–H groups in total. The van der Waals surface area contributed by atoms with E-state index in [0.29, 0.717) is 34.4 Å². The third-order valence-electron chi connectivity index (χ3n) is 3.72. The molecule has 0 radical (unpaired) electrons. The number of rotatable bonds is 2. The molecule has 1 aliphatic heterocycles. The second-order valence-electron chi connectivity index (χ2n) is 5.45. The van der Waals surface area contributed by atoms with E-state index >= 15 is 0 Å². The maximum atomic E-state index is 12.7. The van der Waals surface area contributed by atoms with Crippen LogP contribution in [-0.2, 0) is 6.42 Å². The van der Waals surface area contributed by atoms with Crippen LogP contribution < -0.4 is 4.74 Å². The van der Waals surface area contributed by atoms with Crippen molar-refractivity contribution >= 4 is 44.9 Å². The Hall–Kier alpha value is -1.03. The third-order valence-corrected chi connectivity index (χ3v) is 5.05. The molecule has 2 aromatic rings. The summed E-state index contributed by atoms with van der Waals surface area (Å²) >= 11 is 15.4. The normalized spacial score (nSPS) is 17.1. The number of Topliss-reactive ketones (excluding diaryl/α,β-unsaturated/α-hetero) is 1. The van der Waals surface area contributed by atoms with Crippen molar-refractivity contribution in [3.8, 4) is 5.75 Å². The number of hydrogen-bond acceptors (Lipinski definition) is 2. The highest BCUT2D eigenvalue weighted by atomic mass is 79.9. The van der Waals surface area contributed by atoms with Crippen LogP contribution in [0.1, 0.15) is 21.5 Å². The van der Waals surface area contributed by atoms with Gasteiger partial charge < -0.3 is 4.74 Å². The summed E-state index contributed by atoms with van der Waals surface area (Å²) in [6.45, 7) is 2.33. The maximum absolute atomic E-state index is 12.7. The van der Waals surface area contributed by atoms with Gasteiger partial charge in [-0.3, -0.25) is 4.79 Å². The van der Waals surface area contributed by atoms with Gasteiger partial charge in [-0.05, 0) is 64.7 Å². The van der Waals surface area contributed by atoms with E-state index in [2.05, 4.69) is 15.9 Å². The molecule has 5 heteroatoms. The minimum atomic E-state index is -0.210. The number of fused-ring (bicyclic) bond motifs is 1. The summed E-state index contributed by atoms with van der Waals surface area (Å²) in [5.74, 6) is 0.538. The van der Waals surface area contributed by atoms with Crippen molar-refractivity contribution in [1.82, 2.24) is 0 Å². The van der Waals surface area contributed by atoms with E-state index in [-0.39, 0.29) is 11.7 Å². The number of halogens is 3. The lowest BCUT2D eigenvalue weighted by atomic mass is 9.89. The summed E-state index contributed by atoms with van der Waals surface area (Å²) in [5, 5.41) is 1.02. The SMILES string of the molecule is Cc1cc(Br)c2c(c1)C(=O)[C@H](Cc1ccc(Cl)c(Cl)c1)CO2. The summed E-state index contributed by atoms with van der Waals surface area (Å²) in [7, 11) is 0. The topological polar surface area (TPSA) is 26.3 Å². The zero-order valence-electron chi connectivity index (χ0n) is 11.8. The second kappa shape index (κ2) is 6.23. The van der Waals surface area contributed by atoms with E-state index in [1.54, 1.807) is 12.1 Å². The molecule has 3 rings (SSSR count). The van der Waals surface area contributed by atoms with Crippen molar-refractivity contribution < 1.29 is 9.53 Å². The predicted octanol–water partition coefficient (Wildman–Crippen LogP) is 5.50. The lowest BCUT2D eigenvalue weighted by Gasteiger charge is -2.25. The molecule has 0 bridgehead atoms. The van der Waals surface area contributed by atoms with Crippen LogP contribution in [0.2, 0.25) is 10.0 Å². The molecule has 2 aromatic carbocycles. The Balaban J connectivity index is 1.88. The first-order chi connectivity index (χ1) is 10.5. The van der Waals surface area contributed by atoms with E-state index in [4.69, 9.17) is 27.9 Å². The first kappa shape index (κ1) is 15.9. The van der Waals surface area contributed by atoms with Gasteiger partial charge in [-0.25, -0.2) is 0 Å². The zero-order valence-corrected chi connectivity index (χ0v) is 14.9. The average molecular weight is 400 g/mol. The van der Waals surface area contributed by atoms with E-state index in [1.807, 2.05) is 25.1 Å². The van der Waals surface area contributed by atoms with E-state index in [0.717, 1.165) is 15.6 Å². The molecule has 0 aromatic heterocycles. The van der Waals surface area contributed by atoms with Gasteiger partial charge in [0, 0.05) is 0 Å². The quantitative estimate of drug-likeness (QED) is 0.666. The summed E-state index contributed by atoms with van der Waals surface area (Å²) in [5.41, 5.74) is 2.65. The number of benzene rings is 2. The molecule has 22 heavy (non-hydrogen) atoms. The van der Waals surface area contributed by atoms with Crippen molar-refractivity contribution in [1.29, 1.82) is 0 Å². The fourth-order valence-corrected chi connectivity index (χ4v) is 3.65. The van der Waals surface area contributed by atoms with Crippen molar-refractivity contribution in [2.24, 2.45) is 5.92 Å². The van der Waals surface area contributed by atoms with Gasteiger partial charge in [0.25, 0.3) is 0 Å². The minimum Gasteiger partial charge on any atom is -0.491 e. The number of hydrogen-bond donors (Lipinski definition) is 0. The molecule has 0 amide bonds. The summed E-state index contributed by atoms with van der Waals surface area (Å²) in [6, 6.07) is 9.28. The monoisotopic (exact) mass is 398 g/mol. The molecule has 0 saturated carbocycles. The Bertz CT molecular complexity index is 759. The van der Waals surface area contributed by atoms with Crippen molar-refractivity contribution in [3.63, 3.8) is 0 Å². The number of aryl methyl sites for hydroxylation is 1. The Labute approximate surface area is 147 Å². The number of carbonyl (C=O) groups excluding carboxylic acids is 1. The first-order valence-electron chi connectivity index (χ1n) is 6.87. The van der Waals surface area contributed by atoms with Crippen molar-refractivity contribution in [3.05, 3.63) is 61.5 Å². The van der Waals surface area contributed by atoms with Crippen LogP contribution in [0.3, 0.4) is 0 Å². The molecular weight excluding hydrogens is 387 g/mol. The largest absolute Gasteiger partial charge is 0.491 e. The Kier molecular flexibility index (Phi) is 4.49. The van der Waals surface area contributed by atoms with Gasteiger partial charge >= 0.3 is 0 Å². The van der Waals surface area contributed by atoms with Crippen LogP contribution >= 0.6 is 39.1 Å². The lowest BCUT2D eigenvalue weighted by molar-refractivity contribution is 0.0829. The molecule has 0 saturated heterocycles. The molecule has 0 aliphatic carbocycles. The third kappa shape index (κ3) is 3.03. The van der Waals surface area contributed by atoms with Crippen LogP contribution in [0.25, 0.3) is 0 Å². The second-order valence-corrected chi connectivity index (χ2v) is 7.12. The van der Waals surface area contributed by atoms with Crippen LogP contribution in [0.5, 0.6) is 5.75 Å². The van der Waals surface area contributed by atoms with Crippen molar-refractivity contribution in [2.75, 3.05) is 6.61 Å². The summed E-state index contributed by atoms with van der Waals surface area (Å²) in [6.07, 6.45) is 0.584. The molecule has 1 aliphatic rings. The summed E-state index contributed by atoms with van der Waals surface area (Å²) < 4.78 is 6.61. The van der Waals surface area contributed by atoms with Crippen LogP contribution in [0.4, 0.5) is 0 Å². The van der Waals surface area contributed by atoms with Crippen molar-refractivity contribution in [2.45, 2.75) is 13.3 Å². The maximum Gasteiger partial charge on any atom is 0.173 e. The summed E-state index contributed by atoms with van der Waals surface area (Å²) in [4.78, 5) is 12.7.